The normalized spacial score (nSPS) is 11.3. The SMILES string of the molecule is CC(C)c1cc(NCc2nn[nH]n2)n2nccc2n1. The highest BCUT2D eigenvalue weighted by molar-refractivity contribution is 5.49. The lowest BCUT2D eigenvalue weighted by molar-refractivity contribution is 0.806. The van der Waals surface area contributed by atoms with Gasteiger partial charge in [-0.1, -0.05) is 19.1 Å². The van der Waals surface area contributed by atoms with Gasteiger partial charge in [0.05, 0.1) is 12.7 Å². The van der Waals surface area contributed by atoms with E-state index in [1.54, 1.807) is 10.7 Å². The Bertz CT molecular complexity index is 669. The predicted octanol–water partition coefficient (Wildman–Crippen LogP) is 0.978. The van der Waals surface area contributed by atoms with Crippen molar-refractivity contribution in [3.8, 4) is 0 Å². The molecule has 0 bridgehead atoms. The molecule has 0 atom stereocenters. The fourth-order valence-corrected chi connectivity index (χ4v) is 1.78. The maximum Gasteiger partial charge on any atom is 0.193 e. The minimum atomic E-state index is 0.352. The molecule has 3 rings (SSSR count). The van der Waals surface area contributed by atoms with Crippen LogP contribution in [0.3, 0.4) is 0 Å². The van der Waals surface area contributed by atoms with E-state index in [1.165, 1.54) is 0 Å². The van der Waals surface area contributed by atoms with Crippen molar-refractivity contribution in [2.75, 3.05) is 5.32 Å². The van der Waals surface area contributed by atoms with E-state index in [0.717, 1.165) is 17.2 Å². The van der Waals surface area contributed by atoms with Gasteiger partial charge in [0.25, 0.3) is 0 Å². The summed E-state index contributed by atoms with van der Waals surface area (Å²) in [5.74, 6) is 1.82. The van der Waals surface area contributed by atoms with Gasteiger partial charge in [-0.15, -0.1) is 10.2 Å². The molecule has 3 aromatic heterocycles. The summed E-state index contributed by atoms with van der Waals surface area (Å²) in [6, 6.07) is 3.87. The van der Waals surface area contributed by atoms with Crippen molar-refractivity contribution in [2.45, 2.75) is 26.3 Å². The van der Waals surface area contributed by atoms with Gasteiger partial charge >= 0.3 is 0 Å². The summed E-state index contributed by atoms with van der Waals surface area (Å²) in [6.45, 7) is 4.70. The quantitative estimate of drug-likeness (QED) is 0.724. The summed E-state index contributed by atoms with van der Waals surface area (Å²) < 4.78 is 1.76. The van der Waals surface area contributed by atoms with Crippen LogP contribution in [0.25, 0.3) is 5.65 Å². The molecule has 0 fully saturated rings. The number of H-pyrrole nitrogens is 1. The number of hydrogen-bond donors (Lipinski definition) is 2. The lowest BCUT2D eigenvalue weighted by Gasteiger charge is -2.10. The highest BCUT2D eigenvalue weighted by Crippen LogP contribution is 2.18. The number of rotatable bonds is 4. The molecule has 0 saturated heterocycles. The molecule has 2 N–H and O–H groups in total. The molecule has 0 aliphatic rings. The van der Waals surface area contributed by atoms with E-state index in [-0.39, 0.29) is 0 Å². The standard InChI is InChI=1S/C11H14N8/c1-7(2)8-5-11(12-6-9-15-17-18-16-9)19-10(14-8)3-4-13-19/h3-5,7,12H,6H2,1-2H3,(H,15,16,17,18). The zero-order valence-corrected chi connectivity index (χ0v) is 10.7. The van der Waals surface area contributed by atoms with Crippen LogP contribution in [0.15, 0.2) is 18.3 Å². The minimum absolute atomic E-state index is 0.352. The van der Waals surface area contributed by atoms with E-state index in [2.05, 4.69) is 49.9 Å². The van der Waals surface area contributed by atoms with Crippen molar-refractivity contribution in [1.29, 1.82) is 0 Å². The largest absolute Gasteiger partial charge is 0.362 e. The molecule has 8 nitrogen and oxygen atoms in total. The molecule has 98 valence electrons. The predicted molar refractivity (Wildman–Crippen MR) is 68.6 cm³/mol. The molecule has 0 radical (unpaired) electrons. The average molecular weight is 258 g/mol. The Morgan fingerprint density at radius 1 is 1.42 bits per heavy atom. The van der Waals surface area contributed by atoms with Gasteiger partial charge in [-0.05, 0) is 5.92 Å². The van der Waals surface area contributed by atoms with Gasteiger partial charge in [-0.2, -0.15) is 14.8 Å². The maximum absolute atomic E-state index is 4.55. The third-order valence-electron chi connectivity index (χ3n) is 2.79. The molecule has 0 aromatic carbocycles. The highest BCUT2D eigenvalue weighted by atomic mass is 15.5. The van der Waals surface area contributed by atoms with Crippen molar-refractivity contribution >= 4 is 11.5 Å². The van der Waals surface area contributed by atoms with E-state index in [4.69, 9.17) is 0 Å². The Labute approximate surface area is 109 Å². The van der Waals surface area contributed by atoms with Crippen LogP contribution >= 0.6 is 0 Å². The van der Waals surface area contributed by atoms with Crippen LogP contribution in [0.2, 0.25) is 0 Å². The number of fused-ring (bicyclic) bond motifs is 1. The van der Waals surface area contributed by atoms with E-state index in [9.17, 15) is 0 Å². The third-order valence-corrected chi connectivity index (χ3v) is 2.79. The summed E-state index contributed by atoms with van der Waals surface area (Å²) in [6.07, 6.45) is 1.73. The van der Waals surface area contributed by atoms with Gasteiger partial charge in [-0.3, -0.25) is 0 Å². The lowest BCUT2D eigenvalue weighted by Crippen LogP contribution is -2.09. The molecule has 0 unspecified atom stereocenters. The molecule has 0 spiro atoms. The molecule has 3 aromatic rings. The van der Waals surface area contributed by atoms with E-state index >= 15 is 0 Å². The zero-order valence-electron chi connectivity index (χ0n) is 10.7. The van der Waals surface area contributed by atoms with E-state index < -0.39 is 0 Å². The molecular weight excluding hydrogens is 244 g/mol. The second kappa shape index (κ2) is 4.63. The van der Waals surface area contributed by atoms with Crippen LogP contribution in [0.5, 0.6) is 0 Å². The van der Waals surface area contributed by atoms with Crippen LogP contribution in [0.4, 0.5) is 5.82 Å². The number of tetrazole rings is 1. The molecule has 0 aliphatic carbocycles. The molecule has 0 aliphatic heterocycles. The third kappa shape index (κ3) is 2.24. The fraction of sp³-hybridized carbons (Fsp3) is 0.364. The van der Waals surface area contributed by atoms with Crippen LogP contribution in [-0.2, 0) is 6.54 Å². The van der Waals surface area contributed by atoms with Crippen LogP contribution in [-0.4, -0.2) is 35.2 Å². The number of anilines is 1. The number of nitrogens with zero attached hydrogens (tertiary/aromatic N) is 6. The van der Waals surface area contributed by atoms with Crippen molar-refractivity contribution < 1.29 is 0 Å². The Balaban J connectivity index is 1.94. The van der Waals surface area contributed by atoms with Crippen molar-refractivity contribution in [3.05, 3.63) is 29.8 Å². The smallest absolute Gasteiger partial charge is 0.193 e. The number of aromatic amines is 1. The monoisotopic (exact) mass is 258 g/mol. The molecule has 19 heavy (non-hydrogen) atoms. The average Bonchev–Trinajstić information content (AvgIpc) is 3.06. The summed E-state index contributed by atoms with van der Waals surface area (Å²) >= 11 is 0. The number of aromatic nitrogens is 7. The van der Waals surface area contributed by atoms with Gasteiger partial charge in [0, 0.05) is 17.8 Å². The van der Waals surface area contributed by atoms with Crippen molar-refractivity contribution in [1.82, 2.24) is 35.2 Å². The second-order valence-electron chi connectivity index (χ2n) is 4.50. The second-order valence-corrected chi connectivity index (χ2v) is 4.50. The van der Waals surface area contributed by atoms with Gasteiger partial charge in [-0.25, -0.2) is 4.98 Å². The molecule has 0 amide bonds. The first kappa shape index (κ1) is 11.6. The van der Waals surface area contributed by atoms with Crippen LogP contribution in [0.1, 0.15) is 31.3 Å². The number of nitrogens with one attached hydrogen (secondary N) is 2. The Hall–Kier alpha value is -2.51. The van der Waals surface area contributed by atoms with Crippen molar-refractivity contribution in [3.63, 3.8) is 0 Å². The summed E-state index contributed by atoms with van der Waals surface area (Å²) in [5, 5.41) is 21.2. The molecular formula is C11H14N8. The summed E-state index contributed by atoms with van der Waals surface area (Å²) in [7, 11) is 0. The van der Waals surface area contributed by atoms with Crippen LogP contribution < -0.4 is 5.32 Å². The zero-order chi connectivity index (χ0) is 13.2. The fourth-order valence-electron chi connectivity index (χ4n) is 1.78. The summed E-state index contributed by atoms with van der Waals surface area (Å²) in [5.41, 5.74) is 1.84. The van der Waals surface area contributed by atoms with Gasteiger partial charge in [0.2, 0.25) is 0 Å². The Morgan fingerprint density at radius 3 is 3.05 bits per heavy atom. The van der Waals surface area contributed by atoms with Gasteiger partial charge in [0.1, 0.15) is 5.82 Å². The molecule has 8 heteroatoms. The lowest BCUT2D eigenvalue weighted by atomic mass is 10.1. The number of hydrogen-bond acceptors (Lipinski definition) is 6. The first-order valence-corrected chi connectivity index (χ1v) is 6.05. The van der Waals surface area contributed by atoms with Gasteiger partial charge in [0.15, 0.2) is 11.5 Å². The molecule has 3 heterocycles. The first-order valence-electron chi connectivity index (χ1n) is 6.05. The summed E-state index contributed by atoms with van der Waals surface area (Å²) in [4.78, 5) is 4.55. The van der Waals surface area contributed by atoms with Crippen molar-refractivity contribution in [2.24, 2.45) is 0 Å². The molecule has 0 saturated carbocycles. The topological polar surface area (TPSA) is 96.7 Å². The van der Waals surface area contributed by atoms with Crippen LogP contribution in [0, 0.1) is 0 Å². The maximum atomic E-state index is 4.55. The Kier molecular flexibility index (Phi) is 2.82. The minimum Gasteiger partial charge on any atom is -0.362 e. The first-order chi connectivity index (χ1) is 9.24. The van der Waals surface area contributed by atoms with Gasteiger partial charge < -0.3 is 5.32 Å². The van der Waals surface area contributed by atoms with E-state index in [0.29, 0.717) is 18.3 Å². The highest BCUT2D eigenvalue weighted by Gasteiger charge is 2.09. The Morgan fingerprint density at radius 2 is 2.32 bits per heavy atom. The van der Waals surface area contributed by atoms with E-state index in [1.807, 2.05) is 12.1 Å².